The van der Waals surface area contributed by atoms with Crippen LogP contribution in [0, 0.1) is 0 Å². The molecule has 1 fully saturated rings. The highest BCUT2D eigenvalue weighted by atomic mass is 16.2. The number of imide groups is 1. The highest BCUT2D eigenvalue weighted by Crippen LogP contribution is 2.16. The van der Waals surface area contributed by atoms with Crippen LogP contribution in [-0.2, 0) is 22.7 Å². The molecular weight excluding hydrogens is 344 g/mol. The lowest BCUT2D eigenvalue weighted by molar-refractivity contribution is -0.139. The van der Waals surface area contributed by atoms with Gasteiger partial charge in [-0.15, -0.1) is 0 Å². The maximum atomic E-state index is 12.3. The Morgan fingerprint density at radius 1 is 1.04 bits per heavy atom. The Bertz CT molecular complexity index is 829. The number of likely N-dealkylation sites (tertiary alicyclic amines) is 1. The summed E-state index contributed by atoms with van der Waals surface area (Å²) in [5, 5.41) is 2.86. The molecule has 0 atom stereocenters. The van der Waals surface area contributed by atoms with Crippen molar-refractivity contribution in [1.29, 1.82) is 0 Å². The quantitative estimate of drug-likeness (QED) is 0.788. The highest BCUT2D eigenvalue weighted by molar-refractivity contribution is 6.01. The number of nitrogens with one attached hydrogen (secondary N) is 1. The molecule has 1 N–H and O–H groups in total. The first-order valence-electron chi connectivity index (χ1n) is 8.76. The van der Waals surface area contributed by atoms with Crippen molar-refractivity contribution in [3.8, 4) is 0 Å². The minimum Gasteiger partial charge on any atom is -0.363 e. The van der Waals surface area contributed by atoms with Gasteiger partial charge in [0.05, 0.1) is 6.54 Å². The average molecular weight is 366 g/mol. The number of benzene rings is 1. The molecule has 1 aromatic carbocycles. The summed E-state index contributed by atoms with van der Waals surface area (Å²) in [5.41, 5.74) is 2.26. The summed E-state index contributed by atoms with van der Waals surface area (Å²) in [5.74, 6) is 0.383. The van der Waals surface area contributed by atoms with E-state index in [1.54, 1.807) is 30.5 Å². The Balaban J connectivity index is 1.55. The minimum atomic E-state index is -0.188. The summed E-state index contributed by atoms with van der Waals surface area (Å²) in [7, 11) is 3.84. The molecule has 1 aromatic heterocycles. The molecule has 27 heavy (non-hydrogen) atoms. The molecule has 3 rings (SSSR count). The van der Waals surface area contributed by atoms with E-state index in [-0.39, 0.29) is 37.1 Å². The lowest BCUT2D eigenvalue weighted by Crippen LogP contribution is -2.28. The molecule has 7 nitrogen and oxygen atoms in total. The summed E-state index contributed by atoms with van der Waals surface area (Å²) < 4.78 is 0. The summed E-state index contributed by atoms with van der Waals surface area (Å²) in [6, 6.07) is 10.8. The topological polar surface area (TPSA) is 82.6 Å². The fourth-order valence-electron chi connectivity index (χ4n) is 2.81. The van der Waals surface area contributed by atoms with E-state index in [1.165, 1.54) is 4.90 Å². The van der Waals surface area contributed by atoms with Gasteiger partial charge >= 0.3 is 0 Å². The number of nitrogens with zero attached hydrogens (tertiary/aromatic N) is 3. The monoisotopic (exact) mass is 366 g/mol. The maximum Gasteiger partial charge on any atom is 0.251 e. The number of carbonyl (C=O) groups excluding carboxylic acids is 3. The van der Waals surface area contributed by atoms with Crippen LogP contribution in [0.5, 0.6) is 0 Å². The smallest absolute Gasteiger partial charge is 0.251 e. The summed E-state index contributed by atoms with van der Waals surface area (Å²) in [4.78, 5) is 43.1. The molecule has 0 spiro atoms. The third kappa shape index (κ3) is 4.49. The van der Waals surface area contributed by atoms with Gasteiger partial charge in [-0.3, -0.25) is 19.3 Å². The molecular formula is C20H22N4O3. The number of pyridine rings is 1. The van der Waals surface area contributed by atoms with Gasteiger partial charge in [0.15, 0.2) is 0 Å². The third-order valence-electron chi connectivity index (χ3n) is 4.43. The van der Waals surface area contributed by atoms with Crippen molar-refractivity contribution in [2.24, 2.45) is 0 Å². The van der Waals surface area contributed by atoms with Crippen molar-refractivity contribution in [3.05, 3.63) is 59.3 Å². The molecule has 0 saturated carbocycles. The Kier molecular flexibility index (Phi) is 5.49. The van der Waals surface area contributed by atoms with E-state index in [9.17, 15) is 14.4 Å². The number of aromatic nitrogens is 1. The number of hydrogen-bond acceptors (Lipinski definition) is 5. The van der Waals surface area contributed by atoms with Crippen LogP contribution in [0.25, 0.3) is 0 Å². The van der Waals surface area contributed by atoms with Crippen LogP contribution >= 0.6 is 0 Å². The molecule has 0 radical (unpaired) electrons. The fraction of sp³-hybridized carbons (Fsp3) is 0.300. The van der Waals surface area contributed by atoms with Crippen molar-refractivity contribution in [2.45, 2.75) is 25.9 Å². The van der Waals surface area contributed by atoms with Crippen molar-refractivity contribution in [1.82, 2.24) is 15.2 Å². The van der Waals surface area contributed by atoms with Crippen molar-refractivity contribution in [2.75, 3.05) is 19.0 Å². The molecule has 0 aliphatic carbocycles. The van der Waals surface area contributed by atoms with Crippen LogP contribution in [0.1, 0.15) is 34.3 Å². The van der Waals surface area contributed by atoms with Gasteiger partial charge < -0.3 is 10.2 Å². The van der Waals surface area contributed by atoms with E-state index < -0.39 is 0 Å². The van der Waals surface area contributed by atoms with E-state index in [1.807, 2.05) is 31.1 Å². The van der Waals surface area contributed by atoms with Crippen molar-refractivity contribution >= 4 is 23.5 Å². The van der Waals surface area contributed by atoms with Gasteiger partial charge in [0.1, 0.15) is 5.82 Å². The highest BCUT2D eigenvalue weighted by Gasteiger charge is 2.28. The van der Waals surface area contributed by atoms with Crippen molar-refractivity contribution < 1.29 is 14.4 Å². The Morgan fingerprint density at radius 2 is 1.67 bits per heavy atom. The van der Waals surface area contributed by atoms with Crippen molar-refractivity contribution in [3.63, 3.8) is 0 Å². The fourth-order valence-corrected chi connectivity index (χ4v) is 2.81. The van der Waals surface area contributed by atoms with E-state index in [0.717, 1.165) is 16.9 Å². The Labute approximate surface area is 158 Å². The van der Waals surface area contributed by atoms with Crippen LogP contribution in [-0.4, -0.2) is 41.7 Å². The lowest BCUT2D eigenvalue weighted by Gasteiger charge is -2.14. The molecule has 7 heteroatoms. The summed E-state index contributed by atoms with van der Waals surface area (Å²) in [6.45, 7) is 0.640. The minimum absolute atomic E-state index is 0.143. The number of amides is 3. The summed E-state index contributed by atoms with van der Waals surface area (Å²) in [6.07, 6.45) is 2.30. The molecule has 1 aliphatic heterocycles. The Morgan fingerprint density at radius 3 is 2.22 bits per heavy atom. The number of carbonyl (C=O) groups is 3. The molecule has 140 valence electrons. The molecule has 0 bridgehead atoms. The Hall–Kier alpha value is -3.22. The average Bonchev–Trinajstić information content (AvgIpc) is 2.99. The molecule has 0 unspecified atom stereocenters. The van der Waals surface area contributed by atoms with Gasteiger partial charge in [-0.05, 0) is 29.3 Å². The third-order valence-corrected chi connectivity index (χ3v) is 4.43. The number of anilines is 1. The SMILES string of the molecule is CN(C)c1ccc(CNC(=O)c2ccc(CN3C(=O)CCC3=O)cc2)cn1. The van der Waals surface area contributed by atoms with Gasteiger partial charge in [-0.2, -0.15) is 0 Å². The first-order chi connectivity index (χ1) is 12.9. The second-order valence-electron chi connectivity index (χ2n) is 6.67. The second-order valence-corrected chi connectivity index (χ2v) is 6.67. The maximum absolute atomic E-state index is 12.3. The molecule has 1 saturated heterocycles. The van der Waals surface area contributed by atoms with Gasteiger partial charge in [-0.25, -0.2) is 4.98 Å². The lowest BCUT2D eigenvalue weighted by atomic mass is 10.1. The molecule has 2 heterocycles. The zero-order chi connectivity index (χ0) is 19.4. The van der Waals surface area contributed by atoms with Gasteiger partial charge in [0.25, 0.3) is 5.91 Å². The largest absolute Gasteiger partial charge is 0.363 e. The van der Waals surface area contributed by atoms with Crippen LogP contribution in [0.2, 0.25) is 0 Å². The van der Waals surface area contributed by atoms with Gasteiger partial charge in [0.2, 0.25) is 11.8 Å². The first-order valence-corrected chi connectivity index (χ1v) is 8.76. The van der Waals surface area contributed by atoms with Gasteiger partial charge in [-0.1, -0.05) is 18.2 Å². The van der Waals surface area contributed by atoms with E-state index in [2.05, 4.69) is 10.3 Å². The summed E-state index contributed by atoms with van der Waals surface area (Å²) >= 11 is 0. The van der Waals surface area contributed by atoms with Gasteiger partial charge in [0, 0.05) is 45.2 Å². The number of rotatable bonds is 6. The predicted octanol–water partition coefficient (Wildman–Crippen LogP) is 1.73. The second kappa shape index (κ2) is 7.99. The zero-order valence-electron chi connectivity index (χ0n) is 15.4. The molecule has 3 amide bonds. The zero-order valence-corrected chi connectivity index (χ0v) is 15.4. The van der Waals surface area contributed by atoms with E-state index in [4.69, 9.17) is 0 Å². The predicted molar refractivity (Wildman–Crippen MR) is 101 cm³/mol. The van der Waals surface area contributed by atoms with Crippen LogP contribution < -0.4 is 10.2 Å². The number of hydrogen-bond donors (Lipinski definition) is 1. The van der Waals surface area contributed by atoms with Crippen LogP contribution in [0.4, 0.5) is 5.82 Å². The molecule has 2 aromatic rings. The molecule has 1 aliphatic rings. The normalized spacial score (nSPS) is 13.8. The van der Waals surface area contributed by atoms with E-state index in [0.29, 0.717) is 12.1 Å². The first kappa shape index (κ1) is 18.6. The van der Waals surface area contributed by atoms with Crippen LogP contribution in [0.3, 0.4) is 0 Å². The standard InChI is InChI=1S/C20H22N4O3/c1-23(2)17-8-5-15(11-21-17)12-22-20(27)16-6-3-14(4-7-16)13-24-18(25)9-10-19(24)26/h3-8,11H,9-10,12-13H2,1-2H3,(H,22,27). The van der Waals surface area contributed by atoms with E-state index >= 15 is 0 Å². The van der Waals surface area contributed by atoms with Crippen LogP contribution in [0.15, 0.2) is 42.6 Å².